The van der Waals surface area contributed by atoms with Gasteiger partial charge in [-0.05, 0) is 19.4 Å². The molecular weight excluding hydrogens is 100 g/mol. The van der Waals surface area contributed by atoms with Gasteiger partial charge < -0.3 is 4.74 Å². The summed E-state index contributed by atoms with van der Waals surface area (Å²) in [5, 5.41) is 0. The third-order valence-electron chi connectivity index (χ3n) is 1.24. The maximum absolute atomic E-state index is 4.96. The van der Waals surface area contributed by atoms with E-state index in [1.165, 1.54) is 0 Å². The van der Waals surface area contributed by atoms with Gasteiger partial charge in [0.05, 0.1) is 6.10 Å². The van der Waals surface area contributed by atoms with Gasteiger partial charge in [0.25, 0.3) is 0 Å². The molecule has 0 amide bonds. The molecule has 0 aliphatic rings. The summed E-state index contributed by atoms with van der Waals surface area (Å²) in [6, 6.07) is 0. The number of hydrogen-bond donors (Lipinski definition) is 0. The predicted molar refractivity (Wildman–Crippen MR) is 34.8 cm³/mol. The van der Waals surface area contributed by atoms with E-state index in [1.807, 2.05) is 13.8 Å². The van der Waals surface area contributed by atoms with Crippen molar-refractivity contribution in [2.45, 2.75) is 20.0 Å². The average molecular weight is 112 g/mol. The van der Waals surface area contributed by atoms with Gasteiger partial charge in [0.2, 0.25) is 0 Å². The van der Waals surface area contributed by atoms with E-state index in [9.17, 15) is 0 Å². The summed E-state index contributed by atoms with van der Waals surface area (Å²) in [6.07, 6.45) is 0.160. The minimum absolute atomic E-state index is 0.160. The van der Waals surface area contributed by atoms with Gasteiger partial charge in [-0.25, -0.2) is 0 Å². The van der Waals surface area contributed by atoms with Crippen LogP contribution in [0.15, 0.2) is 17.9 Å². The molecule has 0 aliphatic carbocycles. The summed E-state index contributed by atoms with van der Waals surface area (Å²) in [5.74, 6) is 0. The molecule has 46 valence electrons. The maximum atomic E-state index is 4.96. The fourth-order valence-electron chi connectivity index (χ4n) is 0.321. The first-order valence-corrected chi connectivity index (χ1v) is 2.61. The van der Waals surface area contributed by atoms with Gasteiger partial charge in [0, 0.05) is 7.11 Å². The fourth-order valence-corrected chi connectivity index (χ4v) is 0.321. The Morgan fingerprint density at radius 2 is 2.25 bits per heavy atom. The van der Waals surface area contributed by atoms with Gasteiger partial charge in [0.15, 0.2) is 0 Å². The molecule has 0 bridgehead atoms. The third kappa shape index (κ3) is 1.97. The molecule has 0 aromatic heterocycles. The van der Waals surface area contributed by atoms with Crippen LogP contribution in [0.3, 0.4) is 0 Å². The van der Waals surface area contributed by atoms with Crippen LogP contribution in [0.1, 0.15) is 13.8 Å². The summed E-state index contributed by atoms with van der Waals surface area (Å²) >= 11 is 0. The van der Waals surface area contributed by atoms with E-state index in [-0.39, 0.29) is 6.10 Å². The van der Waals surface area contributed by atoms with E-state index in [2.05, 4.69) is 12.3 Å². The number of methoxy groups -OCH3 is 1. The Bertz CT molecular complexity index is 110. The smallest absolute Gasteiger partial charge is 0.0823 e. The monoisotopic (exact) mass is 112 g/mol. The number of ether oxygens (including phenoxy) is 1. The van der Waals surface area contributed by atoms with Crippen molar-refractivity contribution in [3.63, 3.8) is 0 Å². The lowest BCUT2D eigenvalue weighted by molar-refractivity contribution is 0.147. The first-order chi connectivity index (χ1) is 3.72. The maximum Gasteiger partial charge on any atom is 0.0823 e. The second-order valence-corrected chi connectivity index (χ2v) is 1.74. The Morgan fingerprint density at radius 1 is 1.75 bits per heavy atom. The molecule has 0 saturated heterocycles. The van der Waals surface area contributed by atoms with Crippen molar-refractivity contribution in [1.82, 2.24) is 0 Å². The van der Waals surface area contributed by atoms with Gasteiger partial charge >= 0.3 is 0 Å². The largest absolute Gasteiger partial charge is 0.377 e. The second kappa shape index (κ2) is 3.48. The molecule has 0 aliphatic heterocycles. The fraction of sp³-hybridized carbons (Fsp3) is 0.571. The lowest BCUT2D eigenvalue weighted by Gasteiger charge is -2.05. The van der Waals surface area contributed by atoms with Crippen LogP contribution in [-0.2, 0) is 4.74 Å². The van der Waals surface area contributed by atoms with Crippen molar-refractivity contribution in [1.29, 1.82) is 0 Å². The van der Waals surface area contributed by atoms with Crippen molar-refractivity contribution in [3.8, 4) is 0 Å². The SMILES string of the molecule is C=C=C(C)C(C)OC. The summed E-state index contributed by atoms with van der Waals surface area (Å²) in [4.78, 5) is 0. The van der Waals surface area contributed by atoms with E-state index in [4.69, 9.17) is 4.74 Å². The molecule has 0 fully saturated rings. The Kier molecular flexibility index (Phi) is 3.25. The van der Waals surface area contributed by atoms with Gasteiger partial charge in [-0.2, -0.15) is 0 Å². The van der Waals surface area contributed by atoms with Crippen LogP contribution in [0.25, 0.3) is 0 Å². The zero-order chi connectivity index (χ0) is 6.57. The Morgan fingerprint density at radius 3 is 2.38 bits per heavy atom. The van der Waals surface area contributed by atoms with E-state index in [1.54, 1.807) is 7.11 Å². The topological polar surface area (TPSA) is 9.23 Å². The molecule has 1 atom stereocenters. The first-order valence-electron chi connectivity index (χ1n) is 2.61. The highest BCUT2D eigenvalue weighted by molar-refractivity contribution is 4.99. The van der Waals surface area contributed by atoms with Crippen LogP contribution in [0.5, 0.6) is 0 Å². The quantitative estimate of drug-likeness (QED) is 0.494. The molecule has 0 radical (unpaired) electrons. The second-order valence-electron chi connectivity index (χ2n) is 1.74. The van der Waals surface area contributed by atoms with Crippen LogP contribution in [0.4, 0.5) is 0 Å². The molecule has 0 heterocycles. The van der Waals surface area contributed by atoms with E-state index < -0.39 is 0 Å². The summed E-state index contributed by atoms with van der Waals surface area (Å²) in [6.45, 7) is 7.40. The molecule has 1 unspecified atom stereocenters. The van der Waals surface area contributed by atoms with E-state index >= 15 is 0 Å². The van der Waals surface area contributed by atoms with Crippen LogP contribution >= 0.6 is 0 Å². The Balaban J connectivity index is 3.82. The highest BCUT2D eigenvalue weighted by atomic mass is 16.5. The van der Waals surface area contributed by atoms with Crippen molar-refractivity contribution in [2.24, 2.45) is 0 Å². The normalized spacial score (nSPS) is 12.4. The third-order valence-corrected chi connectivity index (χ3v) is 1.24. The zero-order valence-corrected chi connectivity index (χ0v) is 5.69. The molecule has 0 rings (SSSR count). The van der Waals surface area contributed by atoms with E-state index in [0.29, 0.717) is 0 Å². The van der Waals surface area contributed by atoms with Crippen molar-refractivity contribution >= 4 is 0 Å². The summed E-state index contributed by atoms with van der Waals surface area (Å²) in [7, 11) is 1.67. The van der Waals surface area contributed by atoms with Crippen LogP contribution in [-0.4, -0.2) is 13.2 Å². The molecule has 0 aromatic carbocycles. The molecule has 0 saturated carbocycles. The Hall–Kier alpha value is -0.520. The molecular formula is C7H12O. The molecule has 0 N–H and O–H groups in total. The number of rotatable bonds is 2. The van der Waals surface area contributed by atoms with E-state index in [0.717, 1.165) is 5.57 Å². The lowest BCUT2D eigenvalue weighted by atomic mass is 10.2. The highest BCUT2D eigenvalue weighted by Crippen LogP contribution is 1.99. The lowest BCUT2D eigenvalue weighted by Crippen LogP contribution is -2.04. The van der Waals surface area contributed by atoms with Crippen molar-refractivity contribution in [2.75, 3.05) is 7.11 Å². The molecule has 1 nitrogen and oxygen atoms in total. The molecule has 1 heteroatoms. The van der Waals surface area contributed by atoms with Crippen LogP contribution in [0, 0.1) is 0 Å². The summed E-state index contributed by atoms with van der Waals surface area (Å²) < 4.78 is 4.96. The van der Waals surface area contributed by atoms with Gasteiger partial charge in [-0.1, -0.05) is 6.58 Å². The first kappa shape index (κ1) is 7.48. The van der Waals surface area contributed by atoms with Crippen molar-refractivity contribution < 1.29 is 4.74 Å². The molecule has 0 spiro atoms. The van der Waals surface area contributed by atoms with Crippen molar-refractivity contribution in [3.05, 3.63) is 17.9 Å². The van der Waals surface area contributed by atoms with Gasteiger partial charge in [-0.15, -0.1) is 5.73 Å². The van der Waals surface area contributed by atoms with Gasteiger partial charge in [-0.3, -0.25) is 0 Å². The Labute approximate surface area is 50.7 Å². The average Bonchev–Trinajstić information content (AvgIpc) is 1.84. The highest BCUT2D eigenvalue weighted by Gasteiger charge is 1.97. The number of hydrogen-bond acceptors (Lipinski definition) is 1. The standard InChI is InChI=1S/C7H12O/c1-5-6(2)7(3)8-4/h7H,1H2,2-4H3. The minimum atomic E-state index is 0.160. The summed E-state index contributed by atoms with van der Waals surface area (Å²) in [5.41, 5.74) is 3.81. The minimum Gasteiger partial charge on any atom is -0.377 e. The molecule has 0 aromatic rings. The van der Waals surface area contributed by atoms with Crippen LogP contribution < -0.4 is 0 Å². The molecule has 8 heavy (non-hydrogen) atoms. The van der Waals surface area contributed by atoms with Crippen LogP contribution in [0.2, 0.25) is 0 Å². The predicted octanol–water partition coefficient (Wildman–Crippen LogP) is 1.75. The van der Waals surface area contributed by atoms with Gasteiger partial charge in [0.1, 0.15) is 0 Å². The zero-order valence-electron chi connectivity index (χ0n) is 5.69.